The van der Waals surface area contributed by atoms with Crippen molar-refractivity contribution in [2.75, 3.05) is 0 Å². The molecule has 0 bridgehead atoms. The highest BCUT2D eigenvalue weighted by Gasteiger charge is 2.10. The number of aromatic nitrogens is 2. The van der Waals surface area contributed by atoms with Gasteiger partial charge in [0.05, 0.1) is 17.1 Å². The molecule has 0 aliphatic heterocycles. The molecule has 0 aliphatic rings. The third kappa shape index (κ3) is 4.75. The Balaban J connectivity index is 1.66. The van der Waals surface area contributed by atoms with E-state index in [1.807, 2.05) is 43.3 Å². The first-order valence-electron chi connectivity index (χ1n) is 10.1. The number of halogens is 1. The van der Waals surface area contributed by atoms with Crippen molar-refractivity contribution < 1.29 is 4.74 Å². The Bertz CT molecular complexity index is 1310. The van der Waals surface area contributed by atoms with Crippen LogP contribution in [0, 0.1) is 6.92 Å². The maximum Gasteiger partial charge on any atom is 0.282 e. The number of fused-ring (bicyclic) bond motifs is 1. The number of aryl methyl sites for hydroxylation is 2. The highest BCUT2D eigenvalue weighted by molar-refractivity contribution is 9.10. The Labute approximate surface area is 189 Å². The van der Waals surface area contributed by atoms with Crippen LogP contribution in [0.2, 0.25) is 0 Å². The van der Waals surface area contributed by atoms with Crippen molar-refractivity contribution in [2.45, 2.75) is 26.9 Å². The minimum absolute atomic E-state index is 0.197. The van der Waals surface area contributed by atoms with Crippen LogP contribution < -0.4 is 10.3 Å². The van der Waals surface area contributed by atoms with Gasteiger partial charge in [0.2, 0.25) is 0 Å². The summed E-state index contributed by atoms with van der Waals surface area (Å²) < 4.78 is 8.22. The van der Waals surface area contributed by atoms with Crippen LogP contribution in [0.5, 0.6) is 5.75 Å². The third-order valence-corrected chi connectivity index (χ3v) is 5.43. The minimum Gasteiger partial charge on any atom is -0.488 e. The largest absolute Gasteiger partial charge is 0.488 e. The van der Waals surface area contributed by atoms with Crippen molar-refractivity contribution in [1.82, 2.24) is 9.66 Å². The average molecular weight is 476 g/mol. The molecule has 0 amide bonds. The van der Waals surface area contributed by atoms with Gasteiger partial charge in [0.15, 0.2) is 0 Å². The van der Waals surface area contributed by atoms with Gasteiger partial charge in [-0.2, -0.15) is 9.78 Å². The normalized spacial score (nSPS) is 11.3. The van der Waals surface area contributed by atoms with Gasteiger partial charge >= 0.3 is 0 Å². The highest BCUT2D eigenvalue weighted by Crippen LogP contribution is 2.19. The lowest BCUT2D eigenvalue weighted by atomic mass is 10.1. The summed E-state index contributed by atoms with van der Waals surface area (Å²) in [6, 6.07) is 21.4. The number of benzene rings is 3. The Hall–Kier alpha value is -3.25. The SMILES string of the molecule is CCc1nc2ccc(Br)cc2c(=O)n1N=Cc1ccccc1OCc1ccc(C)cc1. The van der Waals surface area contributed by atoms with E-state index < -0.39 is 0 Å². The quantitative estimate of drug-likeness (QED) is 0.346. The standard InChI is InChI=1S/C25H22BrN3O2/c1-3-24-28-22-13-12-20(26)14-21(22)25(30)29(24)27-15-19-6-4-5-7-23(19)31-16-18-10-8-17(2)9-11-18/h4-15H,3,16H2,1-2H3. The number of hydrogen-bond donors (Lipinski definition) is 0. The number of rotatable bonds is 6. The molecule has 1 heterocycles. The van der Waals surface area contributed by atoms with E-state index in [2.05, 4.69) is 57.2 Å². The van der Waals surface area contributed by atoms with Gasteiger partial charge in [-0.1, -0.05) is 64.8 Å². The summed E-state index contributed by atoms with van der Waals surface area (Å²) in [5.41, 5.74) is 3.56. The third-order valence-electron chi connectivity index (χ3n) is 4.94. The van der Waals surface area contributed by atoms with E-state index in [1.54, 1.807) is 12.3 Å². The first-order chi connectivity index (χ1) is 15.0. The van der Waals surface area contributed by atoms with Crippen LogP contribution in [-0.2, 0) is 13.0 Å². The van der Waals surface area contributed by atoms with Crippen LogP contribution >= 0.6 is 15.9 Å². The van der Waals surface area contributed by atoms with E-state index >= 15 is 0 Å². The summed E-state index contributed by atoms with van der Waals surface area (Å²) in [6.45, 7) is 4.47. The second kappa shape index (κ2) is 9.27. The maximum atomic E-state index is 13.1. The molecule has 4 rings (SSSR count). The average Bonchev–Trinajstić information content (AvgIpc) is 2.79. The Kier molecular flexibility index (Phi) is 6.28. The zero-order valence-electron chi connectivity index (χ0n) is 17.4. The van der Waals surface area contributed by atoms with Crippen molar-refractivity contribution in [1.29, 1.82) is 0 Å². The number of hydrogen-bond acceptors (Lipinski definition) is 4. The van der Waals surface area contributed by atoms with Crippen molar-refractivity contribution in [3.63, 3.8) is 0 Å². The first-order valence-corrected chi connectivity index (χ1v) is 10.9. The molecule has 156 valence electrons. The van der Waals surface area contributed by atoms with E-state index in [0.29, 0.717) is 35.5 Å². The lowest BCUT2D eigenvalue weighted by Gasteiger charge is -2.10. The second-order valence-corrected chi connectivity index (χ2v) is 8.13. The number of ether oxygens (including phenoxy) is 1. The fourth-order valence-electron chi connectivity index (χ4n) is 3.23. The van der Waals surface area contributed by atoms with Gasteiger partial charge < -0.3 is 4.74 Å². The summed E-state index contributed by atoms with van der Waals surface area (Å²) >= 11 is 3.42. The summed E-state index contributed by atoms with van der Waals surface area (Å²) in [7, 11) is 0. The topological polar surface area (TPSA) is 56.5 Å². The van der Waals surface area contributed by atoms with E-state index in [-0.39, 0.29) is 5.56 Å². The molecule has 5 nitrogen and oxygen atoms in total. The zero-order valence-corrected chi connectivity index (χ0v) is 19.0. The molecule has 0 saturated heterocycles. The van der Waals surface area contributed by atoms with E-state index in [9.17, 15) is 4.79 Å². The van der Waals surface area contributed by atoms with Crippen LogP contribution in [0.25, 0.3) is 10.9 Å². The molecular formula is C25H22BrN3O2. The van der Waals surface area contributed by atoms with E-state index in [0.717, 1.165) is 15.6 Å². The monoisotopic (exact) mass is 475 g/mol. The van der Waals surface area contributed by atoms with Crippen LogP contribution in [0.3, 0.4) is 0 Å². The van der Waals surface area contributed by atoms with Crippen molar-refractivity contribution >= 4 is 33.0 Å². The Morgan fingerprint density at radius 1 is 1.10 bits per heavy atom. The first kappa shape index (κ1) is 21.0. The molecule has 6 heteroatoms. The molecule has 0 spiro atoms. The molecule has 3 aromatic carbocycles. The highest BCUT2D eigenvalue weighted by atomic mass is 79.9. The van der Waals surface area contributed by atoms with Crippen LogP contribution in [-0.4, -0.2) is 15.9 Å². The van der Waals surface area contributed by atoms with Gasteiger partial charge in [0.1, 0.15) is 18.2 Å². The van der Waals surface area contributed by atoms with Gasteiger partial charge in [0.25, 0.3) is 5.56 Å². The molecule has 0 radical (unpaired) electrons. The summed E-state index contributed by atoms with van der Waals surface area (Å²) in [5, 5.41) is 5.00. The van der Waals surface area contributed by atoms with Gasteiger partial charge in [-0.15, -0.1) is 0 Å². The Morgan fingerprint density at radius 3 is 2.65 bits per heavy atom. The smallest absolute Gasteiger partial charge is 0.282 e. The number of para-hydroxylation sites is 1. The van der Waals surface area contributed by atoms with Gasteiger partial charge in [0, 0.05) is 16.5 Å². The van der Waals surface area contributed by atoms with Crippen molar-refractivity contribution in [3.05, 3.63) is 104 Å². The molecule has 4 aromatic rings. The lowest BCUT2D eigenvalue weighted by Crippen LogP contribution is -2.22. The molecule has 0 atom stereocenters. The fraction of sp³-hybridized carbons (Fsp3) is 0.160. The van der Waals surface area contributed by atoms with Gasteiger partial charge in [-0.05, 0) is 42.8 Å². The summed E-state index contributed by atoms with van der Waals surface area (Å²) in [5.74, 6) is 1.31. The van der Waals surface area contributed by atoms with Crippen molar-refractivity contribution in [2.24, 2.45) is 5.10 Å². The lowest BCUT2D eigenvalue weighted by molar-refractivity contribution is 0.306. The van der Waals surface area contributed by atoms with Crippen LogP contribution in [0.1, 0.15) is 29.4 Å². The molecule has 0 N–H and O–H groups in total. The molecule has 1 aromatic heterocycles. The van der Waals surface area contributed by atoms with E-state index in [1.165, 1.54) is 10.2 Å². The maximum absolute atomic E-state index is 13.1. The fourth-order valence-corrected chi connectivity index (χ4v) is 3.59. The summed E-state index contributed by atoms with van der Waals surface area (Å²) in [4.78, 5) is 17.7. The molecular weight excluding hydrogens is 454 g/mol. The zero-order chi connectivity index (χ0) is 21.8. The minimum atomic E-state index is -0.197. The Morgan fingerprint density at radius 2 is 1.87 bits per heavy atom. The van der Waals surface area contributed by atoms with Crippen molar-refractivity contribution in [3.8, 4) is 5.75 Å². The molecule has 0 aliphatic carbocycles. The number of nitrogens with zero attached hydrogens (tertiary/aromatic N) is 3. The summed E-state index contributed by atoms with van der Waals surface area (Å²) in [6.07, 6.45) is 2.24. The van der Waals surface area contributed by atoms with Gasteiger partial charge in [-0.25, -0.2) is 4.98 Å². The predicted molar refractivity (Wildman–Crippen MR) is 128 cm³/mol. The van der Waals surface area contributed by atoms with Crippen LogP contribution in [0.4, 0.5) is 0 Å². The molecule has 0 saturated carbocycles. The molecule has 31 heavy (non-hydrogen) atoms. The predicted octanol–water partition coefficient (Wildman–Crippen LogP) is 5.49. The second-order valence-electron chi connectivity index (χ2n) is 7.22. The van der Waals surface area contributed by atoms with E-state index in [4.69, 9.17) is 4.74 Å². The van der Waals surface area contributed by atoms with Gasteiger partial charge in [-0.3, -0.25) is 4.79 Å². The molecule has 0 unspecified atom stereocenters. The van der Waals surface area contributed by atoms with Crippen LogP contribution in [0.15, 0.2) is 81.1 Å². The molecule has 0 fully saturated rings.